The van der Waals surface area contributed by atoms with Crippen LogP contribution in [-0.4, -0.2) is 53.9 Å². The first-order chi connectivity index (χ1) is 18.4. The van der Waals surface area contributed by atoms with Gasteiger partial charge in [0.25, 0.3) is 10.1 Å². The van der Waals surface area contributed by atoms with Crippen molar-refractivity contribution in [2.24, 2.45) is 10.2 Å². The third-order valence-electron chi connectivity index (χ3n) is 4.89. The molecule has 2 N–H and O–H groups in total. The van der Waals surface area contributed by atoms with Crippen molar-refractivity contribution in [2.45, 2.75) is 14.7 Å². The first-order valence-electron chi connectivity index (χ1n) is 10.0. The number of anilines is 2. The van der Waals surface area contributed by atoms with Crippen molar-refractivity contribution in [2.75, 3.05) is 5.32 Å². The van der Waals surface area contributed by atoms with Gasteiger partial charge in [-0.15, -0.1) is 10.2 Å². The molecule has 0 saturated heterocycles. The summed E-state index contributed by atoms with van der Waals surface area (Å²) in [4.78, 5) is 7.79. The Bertz CT molecular complexity index is 2050. The van der Waals surface area contributed by atoms with Gasteiger partial charge < -0.3 is 19.5 Å². The Morgan fingerprint density at radius 2 is 1.37 bits per heavy atom. The smallest absolute Gasteiger partial charge is 0.871 e. The second kappa shape index (κ2) is 15.4. The molecule has 0 spiro atoms. The average molecular weight is 717 g/mol. The molecule has 0 aliphatic rings. The molecule has 24 heteroatoms. The molecule has 1 aromatic heterocycles. The summed E-state index contributed by atoms with van der Waals surface area (Å²) in [5, 5.41) is 22.1. The van der Waals surface area contributed by atoms with Crippen LogP contribution in [0.3, 0.4) is 0 Å². The zero-order valence-corrected chi connectivity index (χ0v) is 31.8. The molecule has 0 aliphatic heterocycles. The summed E-state index contributed by atoms with van der Waals surface area (Å²) in [5.41, 5.74) is -1.57. The molecule has 0 atom stereocenters. The quantitative estimate of drug-likeness (QED) is 0.102. The van der Waals surface area contributed by atoms with E-state index in [9.17, 15) is 44.0 Å². The molecule has 0 radical (unpaired) electrons. The van der Waals surface area contributed by atoms with Crippen LogP contribution in [0.4, 0.5) is 23.0 Å². The maximum absolute atomic E-state index is 13.1. The van der Waals surface area contributed by atoms with Gasteiger partial charge in [0.15, 0.2) is 0 Å². The Kier molecular flexibility index (Phi) is 14.4. The standard InChI is InChI=1S/C19H12Cl2N6O10S3.3Na/c20-17-23-18(21)25-19(24-17)22-9-1-3-11-8(5-9)6-14(40(35,36)37)15(16(11)28)27-26-12-4-2-10(38(29,30)31)7-13(12)39(32,33)34;;;/h1-7,28H,(H,29,30,31)(H,32,33,34)(H,35,36,37)(H,22,23,24,25);;;/q;3*+1/p-3. The molecule has 0 saturated carbocycles. The Hall–Kier alpha value is -0.560. The van der Waals surface area contributed by atoms with Gasteiger partial charge in [-0.25, -0.2) is 16.8 Å². The summed E-state index contributed by atoms with van der Waals surface area (Å²) < 4.78 is 102. The van der Waals surface area contributed by atoms with Crippen LogP contribution in [0.25, 0.3) is 10.8 Å². The predicted octanol–water partition coefficient (Wildman–Crippen LogP) is -6.37. The topological polar surface area (TPSA) is 267 Å². The van der Waals surface area contributed by atoms with E-state index in [-0.39, 0.29) is 128 Å². The van der Waals surface area contributed by atoms with Gasteiger partial charge in [0, 0.05) is 5.69 Å². The molecule has 4 aromatic rings. The summed E-state index contributed by atoms with van der Waals surface area (Å²) in [5.74, 6) is -1.18. The van der Waals surface area contributed by atoms with E-state index >= 15 is 0 Å². The second-order valence-electron chi connectivity index (χ2n) is 7.52. The van der Waals surface area contributed by atoms with Crippen LogP contribution in [0.2, 0.25) is 10.6 Å². The first kappa shape index (κ1) is 40.5. The number of nitrogens with zero attached hydrogens (tertiary/aromatic N) is 5. The van der Waals surface area contributed by atoms with E-state index in [1.807, 2.05) is 0 Å². The van der Waals surface area contributed by atoms with Crippen molar-refractivity contribution in [3.05, 3.63) is 53.0 Å². The zero-order valence-electron chi connectivity index (χ0n) is 21.9. The van der Waals surface area contributed by atoms with Crippen LogP contribution in [0.1, 0.15) is 0 Å². The first-order valence-corrected chi connectivity index (χ1v) is 15.0. The molecule has 3 aromatic carbocycles. The van der Waals surface area contributed by atoms with E-state index in [4.69, 9.17) is 23.2 Å². The molecule has 0 unspecified atom stereocenters. The largest absolute Gasteiger partial charge is 1.00 e. The minimum Gasteiger partial charge on any atom is -0.871 e. The molecule has 1 heterocycles. The molecule has 0 fully saturated rings. The van der Waals surface area contributed by atoms with Crippen LogP contribution in [0, 0.1) is 0 Å². The normalized spacial score (nSPS) is 11.8. The number of benzene rings is 3. The van der Waals surface area contributed by atoms with Gasteiger partial charge in [-0.2, -0.15) is 23.4 Å². The number of nitrogens with one attached hydrogen (secondary N) is 1. The number of fused-ring (bicyclic) bond motifs is 1. The minimum atomic E-state index is -5.43. The van der Waals surface area contributed by atoms with Crippen molar-refractivity contribution in [1.29, 1.82) is 0 Å². The minimum absolute atomic E-state index is 0. The number of hydrogen-bond donors (Lipinski definition) is 2. The van der Waals surface area contributed by atoms with E-state index in [1.165, 1.54) is 18.2 Å². The van der Waals surface area contributed by atoms with Crippen molar-refractivity contribution in [1.82, 2.24) is 15.0 Å². The molecule has 0 bridgehead atoms. The van der Waals surface area contributed by atoms with E-state index < -0.39 is 62.2 Å². The molecule has 210 valence electrons. The fourth-order valence-corrected chi connectivity index (χ4v) is 5.48. The van der Waals surface area contributed by atoms with Gasteiger partial charge in [0.2, 0.25) is 16.5 Å². The van der Waals surface area contributed by atoms with Crippen molar-refractivity contribution in [3.8, 4) is 5.75 Å². The van der Waals surface area contributed by atoms with Gasteiger partial charge in [-0.05, 0) is 70.4 Å². The fraction of sp³-hybridized carbons (Fsp3) is 0. The zero-order chi connectivity index (χ0) is 29.6. The van der Waals surface area contributed by atoms with Crippen LogP contribution in [0.15, 0.2) is 67.4 Å². The number of azo groups is 1. The van der Waals surface area contributed by atoms with E-state index in [2.05, 4.69) is 30.5 Å². The number of hydrogen-bond acceptors (Lipinski definition) is 15. The molecule has 16 nitrogen and oxygen atoms in total. The Morgan fingerprint density at radius 1 is 0.767 bits per heavy atom. The van der Waals surface area contributed by atoms with Crippen LogP contribution in [-0.2, 0) is 30.4 Å². The molecule has 0 amide bonds. The molecular weight excluding hydrogens is 708 g/mol. The number of rotatable bonds is 7. The molecular formula is C19H9Cl2N6Na3O10S3. The number of aromatic nitrogens is 3. The van der Waals surface area contributed by atoms with E-state index in [1.54, 1.807) is 0 Å². The van der Waals surface area contributed by atoms with E-state index in [0.29, 0.717) is 12.1 Å². The third kappa shape index (κ3) is 9.96. The fourth-order valence-electron chi connectivity index (χ4n) is 3.25. The van der Waals surface area contributed by atoms with Crippen LogP contribution >= 0.6 is 23.2 Å². The monoisotopic (exact) mass is 716 g/mol. The van der Waals surface area contributed by atoms with Crippen molar-refractivity contribution >= 4 is 87.3 Å². The van der Waals surface area contributed by atoms with Gasteiger partial charge in [-0.3, -0.25) is 4.55 Å². The summed E-state index contributed by atoms with van der Waals surface area (Å²) in [6.45, 7) is 0. The Balaban J connectivity index is 0.00000308. The molecule has 4 rings (SSSR count). The Labute approximate surface area is 319 Å². The SMILES string of the molecule is O=S(=O)([O-])c1ccc(N=Nc2c(S(=O)(=O)O)cc3cc(Nc4nc(Cl)nc(Cl)n4)ccc3c2[O-])c(S(=O)(=O)[O-])c1.[Na+].[Na+].[Na+]. The second-order valence-corrected chi connectivity index (χ2v) is 12.3. The van der Waals surface area contributed by atoms with Gasteiger partial charge in [-0.1, -0.05) is 11.8 Å². The summed E-state index contributed by atoms with van der Waals surface area (Å²) >= 11 is 11.4. The van der Waals surface area contributed by atoms with Crippen LogP contribution < -0.4 is 99.1 Å². The summed E-state index contributed by atoms with van der Waals surface area (Å²) in [6.07, 6.45) is 0. The van der Waals surface area contributed by atoms with E-state index in [0.717, 1.165) is 6.07 Å². The van der Waals surface area contributed by atoms with Gasteiger partial charge in [0.1, 0.15) is 30.8 Å². The third-order valence-corrected chi connectivity index (χ3v) is 7.80. The number of halogens is 2. The average Bonchev–Trinajstić information content (AvgIpc) is 2.80. The van der Waals surface area contributed by atoms with Crippen LogP contribution in [0.5, 0.6) is 5.75 Å². The summed E-state index contributed by atoms with van der Waals surface area (Å²) in [7, 11) is -15.7. The maximum Gasteiger partial charge on any atom is 1.00 e. The molecule has 43 heavy (non-hydrogen) atoms. The Morgan fingerprint density at radius 3 is 1.91 bits per heavy atom. The molecule has 0 aliphatic carbocycles. The van der Waals surface area contributed by atoms with Gasteiger partial charge >= 0.3 is 88.7 Å². The predicted molar refractivity (Wildman–Crippen MR) is 133 cm³/mol. The summed E-state index contributed by atoms with van der Waals surface area (Å²) in [6, 6.07) is 6.22. The van der Waals surface area contributed by atoms with Gasteiger partial charge in [0.05, 0.1) is 15.5 Å². The van der Waals surface area contributed by atoms with Crippen molar-refractivity contribution < 1.29 is 133 Å². The maximum atomic E-state index is 13.1. The van der Waals surface area contributed by atoms with Crippen molar-refractivity contribution in [3.63, 3.8) is 0 Å².